The summed E-state index contributed by atoms with van der Waals surface area (Å²) >= 11 is 0. The second-order valence-electron chi connectivity index (χ2n) is 9.41. The fourth-order valence-corrected chi connectivity index (χ4v) is 4.88. The van der Waals surface area contributed by atoms with Crippen molar-refractivity contribution in [3.63, 3.8) is 0 Å². The molecule has 4 aromatic rings. The Bertz CT molecular complexity index is 1340. The average Bonchev–Trinajstić information content (AvgIpc) is 3.17. The molecule has 0 atom stereocenters. The lowest BCUT2D eigenvalue weighted by Crippen LogP contribution is -2.36. The Hall–Kier alpha value is -3.99. The maximum Gasteiger partial charge on any atom is 0.254 e. The number of hydrogen-bond donors (Lipinski definition) is 0. The summed E-state index contributed by atoms with van der Waals surface area (Å²) < 4.78 is 0. The lowest BCUT2D eigenvalue weighted by molar-refractivity contribution is 0.0766. The van der Waals surface area contributed by atoms with E-state index >= 15 is 0 Å². The zero-order valence-corrected chi connectivity index (χ0v) is 21.0. The highest BCUT2D eigenvalue weighted by molar-refractivity contribution is 5.95. The Balaban J connectivity index is 1.47. The number of benzene rings is 3. The number of rotatable bonds is 5. The fraction of sp³-hybridized carbons (Fsp3) is 0.258. The summed E-state index contributed by atoms with van der Waals surface area (Å²) in [4.78, 5) is 27.7. The predicted octanol–water partition coefficient (Wildman–Crippen LogP) is 5.70. The van der Waals surface area contributed by atoms with E-state index in [1.54, 1.807) is 0 Å². The molecule has 5 nitrogen and oxygen atoms in total. The van der Waals surface area contributed by atoms with Crippen LogP contribution >= 0.6 is 0 Å². The van der Waals surface area contributed by atoms with E-state index in [1.807, 2.05) is 60.4 Å². The second kappa shape index (κ2) is 10.7. The molecular formula is C31H32N4O. The van der Waals surface area contributed by atoms with Crippen molar-refractivity contribution in [1.29, 1.82) is 0 Å². The standard InChI is InChI=1S/C31H32N4O/c1-23-12-9-10-17-27(23)31(36)35-19-11-18-34(20-21-35)30-28(22-25-13-5-3-6-14-25)24(2)32-29(33-30)26-15-7-4-8-16-26/h3-10,12-17H,11,18-22H2,1-2H3. The fourth-order valence-electron chi connectivity index (χ4n) is 4.88. The van der Waals surface area contributed by atoms with E-state index in [1.165, 1.54) is 5.56 Å². The maximum absolute atomic E-state index is 13.3. The van der Waals surface area contributed by atoms with E-state index in [4.69, 9.17) is 9.97 Å². The van der Waals surface area contributed by atoms with Crippen molar-refractivity contribution in [2.45, 2.75) is 26.7 Å². The first-order valence-electron chi connectivity index (χ1n) is 12.7. The summed E-state index contributed by atoms with van der Waals surface area (Å²) in [7, 11) is 0. The van der Waals surface area contributed by atoms with Crippen molar-refractivity contribution in [1.82, 2.24) is 14.9 Å². The Morgan fingerprint density at radius 1 is 0.778 bits per heavy atom. The molecule has 3 aromatic carbocycles. The van der Waals surface area contributed by atoms with Crippen LogP contribution in [0, 0.1) is 13.8 Å². The van der Waals surface area contributed by atoms with Gasteiger partial charge in [0.05, 0.1) is 0 Å². The minimum atomic E-state index is 0.114. The van der Waals surface area contributed by atoms with Gasteiger partial charge in [0.1, 0.15) is 5.82 Å². The van der Waals surface area contributed by atoms with Crippen LogP contribution in [-0.2, 0) is 6.42 Å². The number of amides is 1. The van der Waals surface area contributed by atoms with Gasteiger partial charge in [-0.05, 0) is 37.5 Å². The molecule has 0 bridgehead atoms. The summed E-state index contributed by atoms with van der Waals surface area (Å²) in [6, 6.07) is 28.5. The number of aryl methyl sites for hydroxylation is 2. The minimum Gasteiger partial charge on any atom is -0.354 e. The Labute approximate surface area is 213 Å². The van der Waals surface area contributed by atoms with Gasteiger partial charge in [0, 0.05) is 55.0 Å². The number of nitrogens with zero attached hydrogens (tertiary/aromatic N) is 4. The zero-order valence-electron chi connectivity index (χ0n) is 21.0. The Morgan fingerprint density at radius 3 is 2.22 bits per heavy atom. The molecule has 0 spiro atoms. The van der Waals surface area contributed by atoms with Crippen LogP contribution in [0.4, 0.5) is 5.82 Å². The summed E-state index contributed by atoms with van der Waals surface area (Å²) in [5.41, 5.74) is 6.22. The smallest absolute Gasteiger partial charge is 0.254 e. The molecule has 0 unspecified atom stereocenters. The molecule has 1 aromatic heterocycles. The van der Waals surface area contributed by atoms with Gasteiger partial charge in [-0.2, -0.15) is 0 Å². The van der Waals surface area contributed by atoms with Crippen LogP contribution in [0.25, 0.3) is 11.4 Å². The van der Waals surface area contributed by atoms with Gasteiger partial charge in [-0.1, -0.05) is 78.9 Å². The van der Waals surface area contributed by atoms with Gasteiger partial charge in [-0.3, -0.25) is 4.79 Å². The number of anilines is 1. The third-order valence-corrected chi connectivity index (χ3v) is 6.91. The van der Waals surface area contributed by atoms with Crippen LogP contribution in [0.5, 0.6) is 0 Å². The largest absolute Gasteiger partial charge is 0.354 e. The van der Waals surface area contributed by atoms with Crippen LogP contribution in [0.1, 0.15) is 39.2 Å². The number of carbonyl (C=O) groups excluding carboxylic acids is 1. The first kappa shape index (κ1) is 23.7. The predicted molar refractivity (Wildman–Crippen MR) is 145 cm³/mol. The molecule has 1 aliphatic heterocycles. The van der Waals surface area contributed by atoms with E-state index in [0.717, 1.165) is 72.1 Å². The van der Waals surface area contributed by atoms with Crippen molar-refractivity contribution in [3.8, 4) is 11.4 Å². The molecule has 1 fully saturated rings. The van der Waals surface area contributed by atoms with E-state index in [0.29, 0.717) is 6.54 Å². The molecular weight excluding hydrogens is 444 g/mol. The molecule has 0 radical (unpaired) electrons. The quantitative estimate of drug-likeness (QED) is 0.371. The van der Waals surface area contributed by atoms with Crippen LogP contribution in [-0.4, -0.2) is 47.0 Å². The minimum absolute atomic E-state index is 0.114. The molecule has 36 heavy (non-hydrogen) atoms. The highest BCUT2D eigenvalue weighted by Gasteiger charge is 2.25. The number of hydrogen-bond acceptors (Lipinski definition) is 4. The molecule has 0 saturated carbocycles. The van der Waals surface area contributed by atoms with Crippen molar-refractivity contribution >= 4 is 11.7 Å². The first-order valence-corrected chi connectivity index (χ1v) is 12.7. The molecule has 0 aliphatic carbocycles. The summed E-state index contributed by atoms with van der Waals surface area (Å²) in [6.07, 6.45) is 1.67. The molecule has 182 valence electrons. The Morgan fingerprint density at radius 2 is 1.47 bits per heavy atom. The van der Waals surface area contributed by atoms with Gasteiger partial charge in [0.15, 0.2) is 5.82 Å². The van der Waals surface area contributed by atoms with Crippen LogP contribution in [0.3, 0.4) is 0 Å². The molecule has 1 saturated heterocycles. The summed E-state index contributed by atoms with van der Waals surface area (Å²) in [5, 5.41) is 0. The maximum atomic E-state index is 13.3. The third-order valence-electron chi connectivity index (χ3n) is 6.91. The van der Waals surface area contributed by atoms with Crippen molar-refractivity contribution in [3.05, 3.63) is 113 Å². The van der Waals surface area contributed by atoms with Crippen molar-refractivity contribution < 1.29 is 4.79 Å². The lowest BCUT2D eigenvalue weighted by Gasteiger charge is -2.26. The number of aromatic nitrogens is 2. The van der Waals surface area contributed by atoms with E-state index in [-0.39, 0.29) is 5.91 Å². The second-order valence-corrected chi connectivity index (χ2v) is 9.41. The van der Waals surface area contributed by atoms with Gasteiger partial charge < -0.3 is 9.80 Å². The molecule has 5 rings (SSSR count). The normalized spacial score (nSPS) is 13.9. The van der Waals surface area contributed by atoms with Gasteiger partial charge >= 0.3 is 0 Å². The third kappa shape index (κ3) is 5.15. The van der Waals surface area contributed by atoms with Gasteiger partial charge in [0.2, 0.25) is 0 Å². The molecule has 5 heteroatoms. The highest BCUT2D eigenvalue weighted by Crippen LogP contribution is 2.28. The lowest BCUT2D eigenvalue weighted by atomic mass is 10.0. The first-order chi connectivity index (χ1) is 17.6. The van der Waals surface area contributed by atoms with Gasteiger partial charge in [-0.15, -0.1) is 0 Å². The van der Waals surface area contributed by atoms with Crippen molar-refractivity contribution in [2.75, 3.05) is 31.1 Å². The summed E-state index contributed by atoms with van der Waals surface area (Å²) in [6.45, 7) is 7.09. The zero-order chi connectivity index (χ0) is 24.9. The SMILES string of the molecule is Cc1ccccc1C(=O)N1CCCN(c2nc(-c3ccccc3)nc(C)c2Cc2ccccc2)CC1. The van der Waals surface area contributed by atoms with Crippen LogP contribution < -0.4 is 4.90 Å². The molecule has 0 N–H and O–H groups in total. The molecule has 1 aliphatic rings. The highest BCUT2D eigenvalue weighted by atomic mass is 16.2. The molecule has 1 amide bonds. The van der Waals surface area contributed by atoms with Crippen LogP contribution in [0.15, 0.2) is 84.9 Å². The van der Waals surface area contributed by atoms with Gasteiger partial charge in [0.25, 0.3) is 5.91 Å². The Kier molecular flexibility index (Phi) is 7.08. The van der Waals surface area contributed by atoms with E-state index in [9.17, 15) is 4.79 Å². The van der Waals surface area contributed by atoms with E-state index in [2.05, 4.69) is 48.2 Å². The van der Waals surface area contributed by atoms with E-state index < -0.39 is 0 Å². The average molecular weight is 477 g/mol. The van der Waals surface area contributed by atoms with Crippen LogP contribution in [0.2, 0.25) is 0 Å². The monoisotopic (exact) mass is 476 g/mol. The topological polar surface area (TPSA) is 49.3 Å². The van der Waals surface area contributed by atoms with Crippen molar-refractivity contribution in [2.24, 2.45) is 0 Å². The summed E-state index contributed by atoms with van der Waals surface area (Å²) in [5.74, 6) is 1.84. The number of carbonyl (C=O) groups is 1. The van der Waals surface area contributed by atoms with Gasteiger partial charge in [-0.25, -0.2) is 9.97 Å². The molecule has 2 heterocycles.